The predicted molar refractivity (Wildman–Crippen MR) is 60.4 cm³/mol. The van der Waals surface area contributed by atoms with Gasteiger partial charge in [0.15, 0.2) is 0 Å². The Bertz CT molecular complexity index is 429. The molecule has 0 saturated heterocycles. The summed E-state index contributed by atoms with van der Waals surface area (Å²) >= 11 is 0. The van der Waals surface area contributed by atoms with Crippen LogP contribution in [0.4, 0.5) is 0 Å². The van der Waals surface area contributed by atoms with Crippen LogP contribution in [0.25, 0.3) is 0 Å². The van der Waals surface area contributed by atoms with Crippen LogP contribution in [0, 0.1) is 0 Å². The lowest BCUT2D eigenvalue weighted by Crippen LogP contribution is -2.31. The summed E-state index contributed by atoms with van der Waals surface area (Å²) < 4.78 is 4.27. The Balaban J connectivity index is 2.08. The van der Waals surface area contributed by atoms with Crippen molar-refractivity contribution < 1.29 is 4.57 Å². The second-order valence-corrected chi connectivity index (χ2v) is 3.56. The van der Waals surface area contributed by atoms with Gasteiger partial charge in [0.25, 0.3) is 0 Å². The number of hydrogen-bond donors (Lipinski definition) is 0. The quantitative estimate of drug-likeness (QED) is 0.526. The molecular formula is C13H15N2+. The van der Waals surface area contributed by atoms with E-state index in [9.17, 15) is 0 Å². The number of benzene rings is 1. The third-order valence-corrected chi connectivity index (χ3v) is 2.29. The minimum absolute atomic E-state index is 0.863. The summed E-state index contributed by atoms with van der Waals surface area (Å²) in [7, 11) is 0. The Kier molecular flexibility index (Phi) is 2.98. The van der Waals surface area contributed by atoms with Crippen molar-refractivity contribution in [3.63, 3.8) is 0 Å². The van der Waals surface area contributed by atoms with Crippen molar-refractivity contribution >= 4 is 0 Å². The summed E-state index contributed by atoms with van der Waals surface area (Å²) in [5.41, 5.74) is 1.32. The van der Waals surface area contributed by atoms with E-state index in [1.54, 1.807) is 0 Å². The van der Waals surface area contributed by atoms with Crippen LogP contribution in [-0.4, -0.2) is 4.57 Å². The first-order valence-corrected chi connectivity index (χ1v) is 5.08. The Morgan fingerprint density at radius 3 is 2.80 bits per heavy atom. The van der Waals surface area contributed by atoms with E-state index in [4.69, 9.17) is 0 Å². The molecule has 1 aromatic carbocycles. The van der Waals surface area contributed by atoms with Gasteiger partial charge in [-0.2, -0.15) is 0 Å². The van der Waals surface area contributed by atoms with E-state index >= 15 is 0 Å². The van der Waals surface area contributed by atoms with Crippen LogP contribution in [0.2, 0.25) is 0 Å². The molecule has 0 radical (unpaired) electrons. The normalized spacial score (nSPS) is 10.1. The highest BCUT2D eigenvalue weighted by molar-refractivity contribution is 5.13. The molecule has 0 aliphatic heterocycles. The largest absolute Gasteiger partial charge is 0.244 e. The van der Waals surface area contributed by atoms with E-state index in [2.05, 4.69) is 58.7 Å². The average Bonchev–Trinajstić information content (AvgIpc) is 2.68. The first-order valence-electron chi connectivity index (χ1n) is 5.08. The number of imidazole rings is 1. The highest BCUT2D eigenvalue weighted by atomic mass is 15.1. The van der Waals surface area contributed by atoms with Crippen LogP contribution >= 0.6 is 0 Å². The van der Waals surface area contributed by atoms with E-state index in [1.807, 2.05) is 12.1 Å². The summed E-state index contributed by atoms with van der Waals surface area (Å²) in [6, 6.07) is 10.4. The van der Waals surface area contributed by atoms with Gasteiger partial charge in [0, 0.05) is 0 Å². The van der Waals surface area contributed by atoms with Gasteiger partial charge < -0.3 is 0 Å². The molecule has 0 saturated carbocycles. The highest BCUT2D eigenvalue weighted by Crippen LogP contribution is 1.97. The SMILES string of the molecule is C=CCn1cc[n+](Cc2ccccc2)c1. The molecule has 0 amide bonds. The Morgan fingerprint density at radius 2 is 2.07 bits per heavy atom. The first-order chi connectivity index (χ1) is 7.38. The van der Waals surface area contributed by atoms with Crippen LogP contribution < -0.4 is 4.57 Å². The van der Waals surface area contributed by atoms with Gasteiger partial charge in [0.1, 0.15) is 25.5 Å². The van der Waals surface area contributed by atoms with Gasteiger partial charge in [-0.15, -0.1) is 0 Å². The molecule has 15 heavy (non-hydrogen) atoms. The molecule has 0 bridgehead atoms. The molecule has 0 aliphatic rings. The lowest BCUT2D eigenvalue weighted by Gasteiger charge is -1.96. The van der Waals surface area contributed by atoms with E-state index < -0.39 is 0 Å². The van der Waals surface area contributed by atoms with Gasteiger partial charge in [0.2, 0.25) is 6.33 Å². The number of nitrogens with zero attached hydrogens (tertiary/aromatic N) is 2. The Morgan fingerprint density at radius 1 is 1.27 bits per heavy atom. The molecule has 0 unspecified atom stereocenters. The molecule has 2 aromatic rings. The lowest BCUT2D eigenvalue weighted by atomic mass is 10.2. The van der Waals surface area contributed by atoms with Gasteiger partial charge in [-0.25, -0.2) is 9.13 Å². The molecule has 0 N–H and O–H groups in total. The maximum absolute atomic E-state index is 3.72. The molecule has 76 valence electrons. The monoisotopic (exact) mass is 199 g/mol. The van der Waals surface area contributed by atoms with Crippen molar-refractivity contribution in [3.05, 3.63) is 67.3 Å². The van der Waals surface area contributed by atoms with E-state index in [0.29, 0.717) is 0 Å². The zero-order valence-corrected chi connectivity index (χ0v) is 8.71. The fraction of sp³-hybridized carbons (Fsp3) is 0.154. The summed E-state index contributed by atoms with van der Waals surface area (Å²) in [5.74, 6) is 0. The maximum atomic E-state index is 3.72. The standard InChI is InChI=1S/C13H15N2/c1-2-8-14-9-10-15(12-14)11-13-6-4-3-5-7-13/h2-7,9-10,12H,1,8,11H2/q+1. The molecule has 0 fully saturated rings. The van der Waals surface area contributed by atoms with Gasteiger partial charge in [0.05, 0.1) is 0 Å². The second kappa shape index (κ2) is 4.60. The molecular weight excluding hydrogens is 184 g/mol. The summed E-state index contributed by atoms with van der Waals surface area (Å²) in [6.45, 7) is 5.50. The maximum Gasteiger partial charge on any atom is 0.244 e. The van der Waals surface area contributed by atoms with Crippen molar-refractivity contribution in [2.75, 3.05) is 0 Å². The Hall–Kier alpha value is -1.83. The molecule has 2 heteroatoms. The molecule has 0 spiro atoms. The van der Waals surface area contributed by atoms with Crippen molar-refractivity contribution in [3.8, 4) is 0 Å². The van der Waals surface area contributed by atoms with Gasteiger partial charge in [-0.1, -0.05) is 43.0 Å². The fourth-order valence-electron chi connectivity index (χ4n) is 1.58. The van der Waals surface area contributed by atoms with E-state index in [-0.39, 0.29) is 0 Å². The molecule has 1 aromatic heterocycles. The zero-order valence-electron chi connectivity index (χ0n) is 8.71. The number of hydrogen-bond acceptors (Lipinski definition) is 0. The van der Waals surface area contributed by atoms with Gasteiger partial charge in [-0.05, 0) is 5.56 Å². The van der Waals surface area contributed by atoms with Gasteiger partial charge >= 0.3 is 0 Å². The minimum atomic E-state index is 0.863. The molecule has 0 atom stereocenters. The zero-order chi connectivity index (χ0) is 10.5. The first kappa shape index (κ1) is 9.71. The van der Waals surface area contributed by atoms with E-state index in [1.165, 1.54) is 5.56 Å². The van der Waals surface area contributed by atoms with Crippen LogP contribution in [0.1, 0.15) is 5.56 Å². The topological polar surface area (TPSA) is 8.81 Å². The molecule has 2 nitrogen and oxygen atoms in total. The Labute approximate surface area is 90.1 Å². The predicted octanol–water partition coefficient (Wildman–Crippen LogP) is 2.01. The van der Waals surface area contributed by atoms with Crippen molar-refractivity contribution in [2.24, 2.45) is 0 Å². The lowest BCUT2D eigenvalue weighted by molar-refractivity contribution is -0.687. The van der Waals surface area contributed by atoms with Crippen LogP contribution in [-0.2, 0) is 13.1 Å². The fourth-order valence-corrected chi connectivity index (χ4v) is 1.58. The number of aromatic nitrogens is 2. The third-order valence-electron chi connectivity index (χ3n) is 2.29. The summed E-state index contributed by atoms with van der Waals surface area (Å²) in [4.78, 5) is 0. The van der Waals surface area contributed by atoms with E-state index in [0.717, 1.165) is 13.1 Å². The summed E-state index contributed by atoms with van der Waals surface area (Å²) in [5, 5.41) is 0. The number of allylic oxidation sites excluding steroid dienone is 1. The van der Waals surface area contributed by atoms with Crippen LogP contribution in [0.3, 0.4) is 0 Å². The van der Waals surface area contributed by atoms with Crippen molar-refractivity contribution in [1.82, 2.24) is 4.57 Å². The van der Waals surface area contributed by atoms with Crippen molar-refractivity contribution in [1.29, 1.82) is 0 Å². The molecule has 1 heterocycles. The van der Waals surface area contributed by atoms with Crippen LogP contribution in [0.15, 0.2) is 61.7 Å². The average molecular weight is 199 g/mol. The van der Waals surface area contributed by atoms with Gasteiger partial charge in [-0.3, -0.25) is 0 Å². The third kappa shape index (κ3) is 2.56. The van der Waals surface area contributed by atoms with Crippen LogP contribution in [0.5, 0.6) is 0 Å². The summed E-state index contributed by atoms with van der Waals surface area (Å²) in [6.07, 6.45) is 8.13. The van der Waals surface area contributed by atoms with Crippen molar-refractivity contribution in [2.45, 2.75) is 13.1 Å². The smallest absolute Gasteiger partial charge is 0.233 e. The molecule has 0 aliphatic carbocycles. The minimum Gasteiger partial charge on any atom is -0.233 e. The highest BCUT2D eigenvalue weighted by Gasteiger charge is 2.02. The number of rotatable bonds is 4. The molecule has 2 rings (SSSR count). The second-order valence-electron chi connectivity index (χ2n) is 3.56.